The minimum atomic E-state index is -1.64. The number of methoxy groups -OCH3 is 1. The van der Waals surface area contributed by atoms with Crippen LogP contribution in [0, 0.1) is 11.6 Å². The monoisotopic (exact) mass is 297 g/mol. The molecule has 0 aliphatic heterocycles. The van der Waals surface area contributed by atoms with Crippen molar-refractivity contribution in [1.29, 1.82) is 0 Å². The molecule has 0 fully saturated rings. The molecule has 0 spiro atoms. The molecule has 1 atom stereocenters. The van der Waals surface area contributed by atoms with Crippen molar-refractivity contribution in [3.8, 4) is 5.75 Å². The van der Waals surface area contributed by atoms with E-state index in [1.54, 1.807) is 6.07 Å². The minimum absolute atomic E-state index is 0.0757. The molecule has 2 rings (SSSR count). The van der Waals surface area contributed by atoms with Crippen LogP contribution in [0.2, 0.25) is 0 Å². The van der Waals surface area contributed by atoms with Crippen molar-refractivity contribution >= 4 is 16.5 Å². The maximum atomic E-state index is 14.0. The number of benzene rings is 2. The fourth-order valence-electron chi connectivity index (χ4n) is 1.75. The molecule has 0 aliphatic rings. The van der Waals surface area contributed by atoms with Crippen molar-refractivity contribution in [3.05, 3.63) is 53.6 Å². The van der Waals surface area contributed by atoms with E-state index in [0.717, 1.165) is 6.07 Å². The summed E-state index contributed by atoms with van der Waals surface area (Å²) in [4.78, 5) is 0.159. The zero-order valence-electron chi connectivity index (χ0n) is 10.7. The fraction of sp³-hybridized carbons (Fsp3) is 0.143. The Morgan fingerprint density at radius 1 is 1.25 bits per heavy atom. The second-order valence-corrected chi connectivity index (χ2v) is 5.52. The molecule has 20 heavy (non-hydrogen) atoms. The van der Waals surface area contributed by atoms with Crippen molar-refractivity contribution in [2.45, 2.75) is 10.6 Å². The molecule has 0 radical (unpaired) electrons. The van der Waals surface area contributed by atoms with Crippen molar-refractivity contribution < 1.29 is 17.7 Å². The molecule has 0 amide bonds. The molecule has 3 nitrogen and oxygen atoms in total. The molecule has 0 aromatic heterocycles. The van der Waals surface area contributed by atoms with Gasteiger partial charge in [-0.25, -0.2) is 8.78 Å². The SMILES string of the molecule is COc1cccc(CS(=O)c2cc(F)ccc2N)c1F. The number of rotatable bonds is 4. The molecule has 2 aromatic carbocycles. The number of anilines is 1. The second-order valence-electron chi connectivity index (χ2n) is 4.11. The van der Waals surface area contributed by atoms with Gasteiger partial charge >= 0.3 is 0 Å². The largest absolute Gasteiger partial charge is 0.494 e. The summed E-state index contributed by atoms with van der Waals surface area (Å²) < 4.78 is 44.2. The van der Waals surface area contributed by atoms with Gasteiger partial charge in [0.05, 0.1) is 28.6 Å². The molecule has 2 N–H and O–H groups in total. The van der Waals surface area contributed by atoms with Crippen LogP contribution in [-0.2, 0) is 16.6 Å². The summed E-state index contributed by atoms with van der Waals surface area (Å²) >= 11 is 0. The Bertz CT molecular complexity index is 662. The first-order chi connectivity index (χ1) is 9.52. The van der Waals surface area contributed by atoms with Crippen LogP contribution in [0.4, 0.5) is 14.5 Å². The number of nitrogens with two attached hydrogens (primary N) is 1. The van der Waals surface area contributed by atoms with Gasteiger partial charge in [-0.3, -0.25) is 4.21 Å². The predicted molar refractivity (Wildman–Crippen MR) is 73.9 cm³/mol. The molecular weight excluding hydrogens is 284 g/mol. The number of nitrogen functional groups attached to an aromatic ring is 1. The van der Waals surface area contributed by atoms with Gasteiger partial charge in [0.1, 0.15) is 5.82 Å². The second kappa shape index (κ2) is 6.00. The predicted octanol–water partition coefficient (Wildman–Crippen LogP) is 2.86. The Balaban J connectivity index is 2.30. The van der Waals surface area contributed by atoms with Crippen LogP contribution >= 0.6 is 0 Å². The highest BCUT2D eigenvalue weighted by Gasteiger charge is 2.15. The highest BCUT2D eigenvalue weighted by molar-refractivity contribution is 7.84. The Morgan fingerprint density at radius 2 is 2.00 bits per heavy atom. The Morgan fingerprint density at radius 3 is 2.70 bits per heavy atom. The third-order valence-electron chi connectivity index (χ3n) is 2.77. The first-order valence-electron chi connectivity index (χ1n) is 5.77. The van der Waals surface area contributed by atoms with Crippen LogP contribution in [0.25, 0.3) is 0 Å². The first kappa shape index (κ1) is 14.5. The maximum Gasteiger partial charge on any atom is 0.169 e. The lowest BCUT2D eigenvalue weighted by Crippen LogP contribution is -2.04. The summed E-state index contributed by atoms with van der Waals surface area (Å²) in [6, 6.07) is 8.20. The lowest BCUT2D eigenvalue weighted by Gasteiger charge is -2.09. The Labute approximate surface area is 117 Å². The molecule has 1 unspecified atom stereocenters. The molecule has 2 aromatic rings. The van der Waals surface area contributed by atoms with Crippen LogP contribution in [0.1, 0.15) is 5.56 Å². The van der Waals surface area contributed by atoms with Crippen molar-refractivity contribution in [3.63, 3.8) is 0 Å². The van der Waals surface area contributed by atoms with E-state index in [4.69, 9.17) is 10.5 Å². The van der Waals surface area contributed by atoms with E-state index in [1.165, 1.54) is 31.4 Å². The smallest absolute Gasteiger partial charge is 0.169 e. The Kier molecular flexibility index (Phi) is 4.34. The van der Waals surface area contributed by atoms with E-state index in [0.29, 0.717) is 0 Å². The van der Waals surface area contributed by atoms with Gasteiger partial charge in [0, 0.05) is 11.3 Å². The van der Waals surface area contributed by atoms with Gasteiger partial charge in [-0.2, -0.15) is 0 Å². The van der Waals surface area contributed by atoms with E-state index in [1.807, 2.05) is 0 Å². The highest BCUT2D eigenvalue weighted by atomic mass is 32.2. The molecular formula is C14H13F2NO2S. The quantitative estimate of drug-likeness (QED) is 0.883. The van der Waals surface area contributed by atoms with E-state index < -0.39 is 22.4 Å². The maximum absolute atomic E-state index is 14.0. The highest BCUT2D eigenvalue weighted by Crippen LogP contribution is 2.25. The summed E-state index contributed by atoms with van der Waals surface area (Å²) in [5.74, 6) is -1.13. The van der Waals surface area contributed by atoms with Crippen LogP contribution in [0.5, 0.6) is 5.75 Å². The van der Waals surface area contributed by atoms with Gasteiger partial charge in [-0.15, -0.1) is 0 Å². The molecule has 0 bridgehead atoms. The standard InChI is InChI=1S/C14H13F2NO2S/c1-19-12-4-2-3-9(14(12)16)8-20(18)13-7-10(15)5-6-11(13)17/h2-7H,8,17H2,1H3. The van der Waals surface area contributed by atoms with Crippen molar-refractivity contribution in [1.82, 2.24) is 0 Å². The molecule has 0 saturated carbocycles. The van der Waals surface area contributed by atoms with Crippen LogP contribution in [0.15, 0.2) is 41.3 Å². The van der Waals surface area contributed by atoms with Gasteiger partial charge in [-0.1, -0.05) is 12.1 Å². The summed E-state index contributed by atoms with van der Waals surface area (Å²) in [6.45, 7) is 0. The summed E-state index contributed by atoms with van der Waals surface area (Å²) in [5.41, 5.74) is 6.10. The van der Waals surface area contributed by atoms with Gasteiger partial charge in [0.15, 0.2) is 11.6 Å². The van der Waals surface area contributed by atoms with Crippen LogP contribution < -0.4 is 10.5 Å². The van der Waals surface area contributed by atoms with Crippen LogP contribution in [0.3, 0.4) is 0 Å². The average Bonchev–Trinajstić information content (AvgIpc) is 2.43. The molecule has 0 heterocycles. The zero-order chi connectivity index (χ0) is 14.7. The lowest BCUT2D eigenvalue weighted by molar-refractivity contribution is 0.385. The van der Waals surface area contributed by atoms with Crippen LogP contribution in [-0.4, -0.2) is 11.3 Å². The third kappa shape index (κ3) is 2.96. The summed E-state index contributed by atoms with van der Waals surface area (Å²) in [7, 11) is -0.286. The van der Waals surface area contributed by atoms with Gasteiger partial charge in [0.2, 0.25) is 0 Å². The van der Waals surface area contributed by atoms with E-state index in [9.17, 15) is 13.0 Å². The third-order valence-corrected chi connectivity index (χ3v) is 4.19. The normalized spacial score (nSPS) is 12.2. The number of hydrogen-bond donors (Lipinski definition) is 1. The topological polar surface area (TPSA) is 52.3 Å². The van der Waals surface area contributed by atoms with E-state index >= 15 is 0 Å². The molecule has 106 valence electrons. The molecule has 0 aliphatic carbocycles. The minimum Gasteiger partial charge on any atom is -0.494 e. The van der Waals surface area contributed by atoms with Crippen molar-refractivity contribution in [2.24, 2.45) is 0 Å². The fourth-order valence-corrected chi connectivity index (χ4v) is 2.99. The van der Waals surface area contributed by atoms with Gasteiger partial charge < -0.3 is 10.5 Å². The summed E-state index contributed by atoms with van der Waals surface area (Å²) in [6.07, 6.45) is 0. The molecule has 0 saturated heterocycles. The van der Waals surface area contributed by atoms with Gasteiger partial charge in [-0.05, 0) is 24.3 Å². The first-order valence-corrected chi connectivity index (χ1v) is 7.09. The Hall–Kier alpha value is -1.95. The number of hydrogen-bond acceptors (Lipinski definition) is 3. The van der Waals surface area contributed by atoms with Crippen molar-refractivity contribution in [2.75, 3.05) is 12.8 Å². The number of ether oxygens (including phenoxy) is 1. The summed E-state index contributed by atoms with van der Waals surface area (Å²) in [5, 5.41) is 0. The molecule has 6 heteroatoms. The average molecular weight is 297 g/mol. The van der Waals surface area contributed by atoms with Gasteiger partial charge in [0.25, 0.3) is 0 Å². The van der Waals surface area contributed by atoms with E-state index in [-0.39, 0.29) is 27.6 Å². The number of halogens is 2. The zero-order valence-corrected chi connectivity index (χ0v) is 11.5. The van der Waals surface area contributed by atoms with E-state index in [2.05, 4.69) is 0 Å². The lowest BCUT2D eigenvalue weighted by atomic mass is 10.2.